The number of nitrogens with one attached hydrogen (secondary N) is 1. The molecule has 1 unspecified atom stereocenters. The maximum absolute atomic E-state index is 14.9. The van der Waals surface area contributed by atoms with E-state index in [0.717, 1.165) is 11.5 Å². The summed E-state index contributed by atoms with van der Waals surface area (Å²) in [5.74, 6) is -1.61. The third-order valence-corrected chi connectivity index (χ3v) is 7.54. The van der Waals surface area contributed by atoms with E-state index in [4.69, 9.17) is 11.6 Å². The lowest BCUT2D eigenvalue weighted by Gasteiger charge is -2.21. The van der Waals surface area contributed by atoms with Gasteiger partial charge in [-0.05, 0) is 56.9 Å². The molecule has 12 heteroatoms. The Morgan fingerprint density at radius 2 is 2.00 bits per heavy atom. The van der Waals surface area contributed by atoms with Gasteiger partial charge < -0.3 is 14.7 Å². The van der Waals surface area contributed by atoms with Gasteiger partial charge in [-0.25, -0.2) is 12.8 Å². The lowest BCUT2D eigenvalue weighted by atomic mass is 10.1. The van der Waals surface area contributed by atoms with Crippen molar-refractivity contribution in [2.45, 2.75) is 12.5 Å². The Morgan fingerprint density at radius 3 is 2.62 bits per heavy atom. The Kier molecular flexibility index (Phi) is 8.47. The van der Waals surface area contributed by atoms with E-state index in [1.54, 1.807) is 19.2 Å². The van der Waals surface area contributed by atoms with Gasteiger partial charge in [-0.1, -0.05) is 11.6 Å². The zero-order valence-electron chi connectivity index (χ0n) is 19.0. The second kappa shape index (κ2) is 11.0. The summed E-state index contributed by atoms with van der Waals surface area (Å²) < 4.78 is 42.5. The molecule has 0 bridgehead atoms. The van der Waals surface area contributed by atoms with Crippen molar-refractivity contribution >= 4 is 56.5 Å². The molecule has 1 fully saturated rings. The van der Waals surface area contributed by atoms with Crippen molar-refractivity contribution in [1.29, 1.82) is 0 Å². The summed E-state index contributed by atoms with van der Waals surface area (Å²) in [7, 11) is 1.52. The van der Waals surface area contributed by atoms with E-state index in [-0.39, 0.29) is 30.1 Å². The molecule has 3 rings (SSSR count). The molecule has 2 heterocycles. The molecular weight excluding hydrogens is 503 g/mol. The average molecular weight is 529 g/mol. The van der Waals surface area contributed by atoms with Gasteiger partial charge in [-0.3, -0.25) is 9.59 Å². The van der Waals surface area contributed by atoms with Gasteiger partial charge in [0.1, 0.15) is 11.9 Å². The predicted molar refractivity (Wildman–Crippen MR) is 133 cm³/mol. The van der Waals surface area contributed by atoms with Crippen LogP contribution in [-0.4, -0.2) is 76.9 Å². The number of halogens is 2. The molecule has 1 atom stereocenters. The number of sulfonamides is 1. The molecule has 8 nitrogen and oxygen atoms in total. The van der Waals surface area contributed by atoms with Crippen LogP contribution in [0.2, 0.25) is 4.34 Å². The molecule has 34 heavy (non-hydrogen) atoms. The molecular formula is C22H26ClFN4O4S2. The fourth-order valence-electron chi connectivity index (χ4n) is 3.37. The van der Waals surface area contributed by atoms with Gasteiger partial charge in [-0.2, -0.15) is 4.72 Å². The van der Waals surface area contributed by atoms with E-state index < -0.39 is 27.8 Å². The first-order chi connectivity index (χ1) is 16.0. The van der Waals surface area contributed by atoms with Crippen LogP contribution in [0.3, 0.4) is 0 Å². The van der Waals surface area contributed by atoms with Gasteiger partial charge in [0.2, 0.25) is 15.9 Å². The highest BCUT2D eigenvalue weighted by Gasteiger charge is 2.36. The minimum Gasteiger partial charge on any atom is -0.340 e. The normalized spacial score (nSPS) is 16.7. The highest BCUT2D eigenvalue weighted by atomic mass is 35.5. The molecule has 0 aliphatic carbocycles. The number of carbonyl (C=O) groups excluding carboxylic acids is 2. The first-order valence-electron chi connectivity index (χ1n) is 10.4. The molecule has 1 aliphatic heterocycles. The molecule has 2 amide bonds. The molecule has 1 aliphatic rings. The minimum absolute atomic E-state index is 0.00274. The van der Waals surface area contributed by atoms with Crippen LogP contribution >= 0.6 is 22.9 Å². The number of rotatable bonds is 9. The Morgan fingerprint density at radius 1 is 1.26 bits per heavy atom. The predicted octanol–water partition coefficient (Wildman–Crippen LogP) is 2.87. The van der Waals surface area contributed by atoms with Crippen molar-refractivity contribution in [2.75, 3.05) is 45.7 Å². The number of nitrogens with zero attached hydrogens (tertiary/aromatic N) is 3. The first kappa shape index (κ1) is 26.3. The number of carbonyl (C=O) groups is 2. The van der Waals surface area contributed by atoms with E-state index in [0.29, 0.717) is 22.3 Å². The van der Waals surface area contributed by atoms with Crippen molar-refractivity contribution in [3.8, 4) is 0 Å². The number of amides is 2. The smallest absolute Gasteiger partial charge is 0.253 e. The van der Waals surface area contributed by atoms with Gasteiger partial charge in [0, 0.05) is 42.5 Å². The third kappa shape index (κ3) is 6.63. The topological polar surface area (TPSA) is 90.0 Å². The maximum Gasteiger partial charge on any atom is 0.253 e. The second-order valence-corrected chi connectivity index (χ2v) is 11.5. The van der Waals surface area contributed by atoms with Crippen LogP contribution in [0.25, 0.3) is 6.08 Å². The average Bonchev–Trinajstić information content (AvgIpc) is 3.35. The summed E-state index contributed by atoms with van der Waals surface area (Å²) >= 11 is 7.06. The van der Waals surface area contributed by atoms with Crippen LogP contribution in [0.1, 0.15) is 21.7 Å². The molecule has 184 valence electrons. The van der Waals surface area contributed by atoms with Gasteiger partial charge in [-0.15, -0.1) is 11.3 Å². The molecule has 1 aromatic carbocycles. The second-order valence-electron chi connectivity index (χ2n) is 8.13. The van der Waals surface area contributed by atoms with Crippen molar-refractivity contribution in [2.24, 2.45) is 0 Å². The standard InChI is InChI=1S/C22H26ClFN4O4S2/c1-26(2)11-12-27(3)21(29)15-4-6-19(17(24)14-15)28-10-8-18(22(28)30)25-34(31,32)13-9-16-5-7-20(23)33-16/h4-7,9,13-14,18,25H,8,10-12H2,1-3H3. The van der Waals surface area contributed by atoms with Gasteiger partial charge in [0.25, 0.3) is 5.91 Å². The quantitative estimate of drug-likeness (QED) is 0.540. The lowest BCUT2D eigenvalue weighted by molar-refractivity contribution is -0.118. The van der Waals surface area contributed by atoms with Crippen LogP contribution in [0.4, 0.5) is 10.1 Å². The maximum atomic E-state index is 14.9. The van der Waals surface area contributed by atoms with Crippen LogP contribution in [0.15, 0.2) is 35.7 Å². The number of anilines is 1. The highest BCUT2D eigenvalue weighted by molar-refractivity contribution is 7.92. The van der Waals surface area contributed by atoms with E-state index in [1.165, 1.54) is 39.3 Å². The zero-order chi connectivity index (χ0) is 25.0. The van der Waals surface area contributed by atoms with E-state index >= 15 is 0 Å². The number of likely N-dealkylation sites (N-methyl/N-ethyl adjacent to an activating group) is 2. The largest absolute Gasteiger partial charge is 0.340 e. The minimum atomic E-state index is -3.90. The molecule has 2 aromatic rings. The van der Waals surface area contributed by atoms with Gasteiger partial charge >= 0.3 is 0 Å². The number of thiophene rings is 1. The molecule has 1 aromatic heterocycles. The summed E-state index contributed by atoms with van der Waals surface area (Å²) in [6, 6.07) is 6.26. The molecule has 0 radical (unpaired) electrons. The molecule has 1 N–H and O–H groups in total. The van der Waals surface area contributed by atoms with Crippen molar-refractivity contribution < 1.29 is 22.4 Å². The summed E-state index contributed by atoms with van der Waals surface area (Å²) in [5.41, 5.74) is 0.174. The molecule has 0 saturated carbocycles. The Labute approximate surface area is 207 Å². The molecule has 1 saturated heterocycles. The fraction of sp³-hybridized carbons (Fsp3) is 0.364. The highest BCUT2D eigenvalue weighted by Crippen LogP contribution is 2.27. The van der Waals surface area contributed by atoms with Gasteiger partial charge in [0.05, 0.1) is 10.0 Å². The van der Waals surface area contributed by atoms with Crippen molar-refractivity contribution in [3.63, 3.8) is 0 Å². The summed E-state index contributed by atoms with van der Waals surface area (Å²) in [5, 5.41) is 0.971. The lowest BCUT2D eigenvalue weighted by Crippen LogP contribution is -2.41. The Bertz CT molecular complexity index is 1200. The number of benzene rings is 1. The molecule has 0 spiro atoms. The number of hydrogen-bond donors (Lipinski definition) is 1. The van der Waals surface area contributed by atoms with Crippen LogP contribution < -0.4 is 9.62 Å². The van der Waals surface area contributed by atoms with Crippen LogP contribution in [0.5, 0.6) is 0 Å². The van der Waals surface area contributed by atoms with Gasteiger partial charge in [0.15, 0.2) is 0 Å². The number of hydrogen-bond acceptors (Lipinski definition) is 6. The van der Waals surface area contributed by atoms with E-state index in [9.17, 15) is 22.4 Å². The van der Waals surface area contributed by atoms with Crippen LogP contribution in [0, 0.1) is 5.82 Å². The van der Waals surface area contributed by atoms with Crippen molar-refractivity contribution in [1.82, 2.24) is 14.5 Å². The van der Waals surface area contributed by atoms with E-state index in [2.05, 4.69) is 4.72 Å². The summed E-state index contributed by atoms with van der Waals surface area (Å²) in [4.78, 5) is 30.6. The monoisotopic (exact) mass is 528 g/mol. The summed E-state index contributed by atoms with van der Waals surface area (Å²) in [6.45, 7) is 1.29. The SMILES string of the molecule is CN(C)CCN(C)C(=O)c1ccc(N2CCC(NS(=O)(=O)C=Cc3ccc(Cl)s3)C2=O)c(F)c1. The summed E-state index contributed by atoms with van der Waals surface area (Å²) in [6.07, 6.45) is 1.57. The fourth-order valence-corrected chi connectivity index (χ4v) is 5.44. The van der Waals surface area contributed by atoms with E-state index in [1.807, 2.05) is 19.0 Å². The first-order valence-corrected chi connectivity index (χ1v) is 13.2. The zero-order valence-corrected chi connectivity index (χ0v) is 21.4. The van der Waals surface area contributed by atoms with Crippen molar-refractivity contribution in [3.05, 3.63) is 56.3 Å². The third-order valence-electron chi connectivity index (χ3n) is 5.23. The van der Waals surface area contributed by atoms with Crippen LogP contribution in [-0.2, 0) is 14.8 Å². The Hall–Kier alpha value is -2.31. The Balaban J connectivity index is 1.66.